The number of nitrogens with one attached hydrogen (secondary N) is 1. The smallest absolute Gasteiger partial charge is 0.130 e. The van der Waals surface area contributed by atoms with E-state index < -0.39 is 0 Å². The minimum atomic E-state index is 0.183. The minimum Gasteiger partial charge on any atom is -0.496 e. The summed E-state index contributed by atoms with van der Waals surface area (Å²) >= 11 is 0. The number of aliphatic hydroxyl groups is 1. The SMILES string of the molecule is CCC(CCO)NCc1c(OC)cc(OC)cc1OC. The lowest BCUT2D eigenvalue weighted by Crippen LogP contribution is -2.29. The molecule has 2 N–H and O–H groups in total. The number of rotatable bonds is 9. The van der Waals surface area contributed by atoms with Crippen LogP contribution in [0, 0.1) is 0 Å². The van der Waals surface area contributed by atoms with Gasteiger partial charge in [0.15, 0.2) is 0 Å². The molecule has 1 aromatic carbocycles. The van der Waals surface area contributed by atoms with Crippen molar-refractivity contribution in [3.63, 3.8) is 0 Å². The van der Waals surface area contributed by atoms with E-state index in [0.29, 0.717) is 12.3 Å². The van der Waals surface area contributed by atoms with Crippen molar-refractivity contribution in [2.75, 3.05) is 27.9 Å². The zero-order chi connectivity index (χ0) is 15.0. The van der Waals surface area contributed by atoms with E-state index >= 15 is 0 Å². The molecule has 0 saturated carbocycles. The molecule has 0 fully saturated rings. The van der Waals surface area contributed by atoms with Crippen LogP contribution in [-0.2, 0) is 6.54 Å². The molecule has 1 atom stereocenters. The fourth-order valence-electron chi connectivity index (χ4n) is 2.10. The highest BCUT2D eigenvalue weighted by Gasteiger charge is 2.14. The Balaban J connectivity index is 2.91. The van der Waals surface area contributed by atoms with Crippen molar-refractivity contribution in [2.24, 2.45) is 0 Å². The lowest BCUT2D eigenvalue weighted by molar-refractivity contribution is 0.261. The first kappa shape index (κ1) is 16.6. The van der Waals surface area contributed by atoms with Crippen molar-refractivity contribution >= 4 is 0 Å². The number of ether oxygens (including phenoxy) is 3. The maximum Gasteiger partial charge on any atom is 0.130 e. The van der Waals surface area contributed by atoms with Crippen LogP contribution < -0.4 is 19.5 Å². The average molecular weight is 283 g/mol. The van der Waals surface area contributed by atoms with Crippen molar-refractivity contribution in [1.29, 1.82) is 0 Å². The van der Waals surface area contributed by atoms with Gasteiger partial charge >= 0.3 is 0 Å². The fourth-order valence-corrected chi connectivity index (χ4v) is 2.10. The molecule has 0 amide bonds. The molecule has 20 heavy (non-hydrogen) atoms. The Labute approximate surface area is 120 Å². The van der Waals surface area contributed by atoms with Crippen LogP contribution in [0.3, 0.4) is 0 Å². The molecule has 114 valence electrons. The zero-order valence-electron chi connectivity index (χ0n) is 12.7. The summed E-state index contributed by atoms with van der Waals surface area (Å²) in [6.45, 7) is 2.90. The second-order valence-electron chi connectivity index (χ2n) is 4.51. The first-order chi connectivity index (χ1) is 9.69. The van der Waals surface area contributed by atoms with E-state index in [1.165, 1.54) is 0 Å². The molecule has 5 heteroatoms. The summed E-state index contributed by atoms with van der Waals surface area (Å²) in [6.07, 6.45) is 1.69. The van der Waals surface area contributed by atoms with Gasteiger partial charge in [0.1, 0.15) is 17.2 Å². The lowest BCUT2D eigenvalue weighted by Gasteiger charge is -2.19. The standard InChI is InChI=1S/C15H25NO4/c1-5-11(6-7-17)16-10-13-14(19-3)8-12(18-2)9-15(13)20-4/h8-9,11,16-17H,5-7,10H2,1-4H3. The zero-order valence-corrected chi connectivity index (χ0v) is 12.7. The third-order valence-electron chi connectivity index (χ3n) is 3.35. The molecule has 0 aliphatic carbocycles. The van der Waals surface area contributed by atoms with Gasteiger partial charge in [-0.2, -0.15) is 0 Å². The van der Waals surface area contributed by atoms with Crippen molar-refractivity contribution in [3.05, 3.63) is 17.7 Å². The van der Waals surface area contributed by atoms with Crippen LogP contribution in [0.4, 0.5) is 0 Å². The van der Waals surface area contributed by atoms with Gasteiger partial charge in [0, 0.05) is 31.3 Å². The van der Waals surface area contributed by atoms with Gasteiger partial charge in [0.2, 0.25) is 0 Å². The second-order valence-corrected chi connectivity index (χ2v) is 4.51. The summed E-state index contributed by atoms with van der Waals surface area (Å²) in [5, 5.41) is 12.4. The highest BCUT2D eigenvalue weighted by molar-refractivity contribution is 5.50. The van der Waals surface area contributed by atoms with E-state index in [1.807, 2.05) is 12.1 Å². The summed E-state index contributed by atoms with van der Waals surface area (Å²) in [5.74, 6) is 2.16. The number of methoxy groups -OCH3 is 3. The van der Waals surface area contributed by atoms with Gasteiger partial charge in [-0.05, 0) is 12.8 Å². The van der Waals surface area contributed by atoms with Crippen molar-refractivity contribution in [3.8, 4) is 17.2 Å². The van der Waals surface area contributed by atoms with Crippen LogP contribution in [0.1, 0.15) is 25.3 Å². The van der Waals surface area contributed by atoms with Gasteiger partial charge in [-0.3, -0.25) is 0 Å². The van der Waals surface area contributed by atoms with Gasteiger partial charge in [-0.15, -0.1) is 0 Å². The maximum atomic E-state index is 9.03. The summed E-state index contributed by atoms with van der Waals surface area (Å²) < 4.78 is 16.0. The Morgan fingerprint density at radius 3 is 2.10 bits per heavy atom. The summed E-state index contributed by atoms with van der Waals surface area (Å²) in [6, 6.07) is 3.95. The molecule has 0 bridgehead atoms. The summed E-state index contributed by atoms with van der Waals surface area (Å²) in [5.41, 5.74) is 0.951. The van der Waals surface area contributed by atoms with Crippen LogP contribution >= 0.6 is 0 Å². The Bertz CT molecular complexity index is 384. The van der Waals surface area contributed by atoms with E-state index in [1.54, 1.807) is 21.3 Å². The third-order valence-corrected chi connectivity index (χ3v) is 3.35. The first-order valence-corrected chi connectivity index (χ1v) is 6.83. The topological polar surface area (TPSA) is 60.0 Å². The van der Waals surface area contributed by atoms with E-state index in [0.717, 1.165) is 29.9 Å². The van der Waals surface area contributed by atoms with Crippen LogP contribution in [0.5, 0.6) is 17.2 Å². The highest BCUT2D eigenvalue weighted by Crippen LogP contribution is 2.34. The van der Waals surface area contributed by atoms with Crippen LogP contribution in [-0.4, -0.2) is 39.1 Å². The van der Waals surface area contributed by atoms with Gasteiger partial charge in [0.25, 0.3) is 0 Å². The molecular formula is C15H25NO4. The molecule has 1 unspecified atom stereocenters. The normalized spacial score (nSPS) is 12.1. The first-order valence-electron chi connectivity index (χ1n) is 6.83. The molecule has 1 aromatic rings. The van der Waals surface area contributed by atoms with Crippen molar-refractivity contribution in [1.82, 2.24) is 5.32 Å². The van der Waals surface area contributed by atoms with Gasteiger partial charge in [-0.25, -0.2) is 0 Å². The number of aliphatic hydroxyl groups excluding tert-OH is 1. The largest absolute Gasteiger partial charge is 0.496 e. The summed E-state index contributed by atoms with van der Waals surface area (Å²) in [7, 11) is 4.87. The molecule has 0 heterocycles. The van der Waals surface area contributed by atoms with Gasteiger partial charge in [0.05, 0.1) is 26.9 Å². The quantitative estimate of drug-likeness (QED) is 0.725. The molecule has 0 aliphatic heterocycles. The predicted octanol–water partition coefficient (Wildman–Crippen LogP) is 1.96. The molecule has 1 rings (SSSR count). The van der Waals surface area contributed by atoms with E-state index in [4.69, 9.17) is 19.3 Å². The van der Waals surface area contributed by atoms with Gasteiger partial charge in [-0.1, -0.05) is 6.92 Å². The molecule has 5 nitrogen and oxygen atoms in total. The Morgan fingerprint density at radius 1 is 1.10 bits per heavy atom. The molecule has 0 saturated heterocycles. The second kappa shape index (κ2) is 8.66. The monoisotopic (exact) mass is 283 g/mol. The molecular weight excluding hydrogens is 258 g/mol. The maximum absolute atomic E-state index is 9.03. The number of hydrogen-bond donors (Lipinski definition) is 2. The van der Waals surface area contributed by atoms with E-state index in [2.05, 4.69) is 12.2 Å². The Hall–Kier alpha value is -1.46. The molecule has 0 aliphatic rings. The predicted molar refractivity (Wildman–Crippen MR) is 78.7 cm³/mol. The Kier molecular flexibility index (Phi) is 7.18. The number of benzene rings is 1. The fraction of sp³-hybridized carbons (Fsp3) is 0.600. The van der Waals surface area contributed by atoms with E-state index in [9.17, 15) is 0 Å². The van der Waals surface area contributed by atoms with Crippen LogP contribution in [0.2, 0.25) is 0 Å². The van der Waals surface area contributed by atoms with Crippen molar-refractivity contribution < 1.29 is 19.3 Å². The lowest BCUT2D eigenvalue weighted by atomic mass is 10.1. The summed E-state index contributed by atoms with van der Waals surface area (Å²) in [4.78, 5) is 0. The van der Waals surface area contributed by atoms with Crippen LogP contribution in [0.25, 0.3) is 0 Å². The van der Waals surface area contributed by atoms with Gasteiger partial charge < -0.3 is 24.6 Å². The average Bonchev–Trinajstić information content (AvgIpc) is 2.50. The molecule has 0 spiro atoms. The third kappa shape index (κ3) is 4.28. The Morgan fingerprint density at radius 2 is 1.70 bits per heavy atom. The van der Waals surface area contributed by atoms with Crippen molar-refractivity contribution in [2.45, 2.75) is 32.4 Å². The minimum absolute atomic E-state index is 0.183. The van der Waals surface area contributed by atoms with E-state index in [-0.39, 0.29) is 12.6 Å². The molecule has 0 aromatic heterocycles. The highest BCUT2D eigenvalue weighted by atomic mass is 16.5. The van der Waals surface area contributed by atoms with Crippen LogP contribution in [0.15, 0.2) is 12.1 Å². The number of hydrogen-bond acceptors (Lipinski definition) is 5. The molecule has 0 radical (unpaired) electrons.